The number of hydrogen-bond acceptors (Lipinski definition) is 5. The van der Waals surface area contributed by atoms with Crippen LogP contribution in [0, 0.1) is 5.92 Å². The lowest BCUT2D eigenvalue weighted by Gasteiger charge is -2.44. The monoisotopic (exact) mass is 332 g/mol. The van der Waals surface area contributed by atoms with Crippen molar-refractivity contribution in [3.63, 3.8) is 0 Å². The molecule has 126 valence electrons. The molecule has 3 aliphatic rings. The summed E-state index contributed by atoms with van der Waals surface area (Å²) in [5.41, 5.74) is 2.10. The quantitative estimate of drug-likeness (QED) is 0.714. The molecule has 8 heteroatoms. The second-order valence-electron chi connectivity index (χ2n) is 5.92. The number of hydroxylamine groups is 1. The number of rotatable bonds is 1. The molecule has 3 heterocycles. The Morgan fingerprint density at radius 2 is 1.88 bits per heavy atom. The number of nitrogens with zero attached hydrogens (tertiary/aromatic N) is 3. The Bertz CT molecular complexity index is 720. The fourth-order valence-electron chi connectivity index (χ4n) is 3.84. The number of hydrazine groups is 1. The van der Waals surface area contributed by atoms with Gasteiger partial charge in [0.05, 0.1) is 20.8 Å². The molecule has 1 aromatic rings. The summed E-state index contributed by atoms with van der Waals surface area (Å²) in [6.45, 7) is 0.712. The minimum Gasteiger partial charge on any atom is -0.452 e. The van der Waals surface area contributed by atoms with E-state index in [0.717, 1.165) is 11.3 Å². The van der Waals surface area contributed by atoms with Crippen LogP contribution >= 0.6 is 0 Å². The van der Waals surface area contributed by atoms with E-state index in [1.165, 1.54) is 24.2 Å². The molecule has 2 amide bonds. The van der Waals surface area contributed by atoms with Gasteiger partial charge < -0.3 is 9.47 Å². The van der Waals surface area contributed by atoms with Crippen molar-refractivity contribution in [2.24, 2.45) is 5.92 Å². The summed E-state index contributed by atoms with van der Waals surface area (Å²) in [6, 6.07) is 9.69. The summed E-state index contributed by atoms with van der Waals surface area (Å²) in [5, 5.41) is 2.63. The number of amides is 2. The van der Waals surface area contributed by atoms with Crippen LogP contribution in [0.4, 0.5) is 9.59 Å². The molecular formula is C16H18N3O5+. The maximum absolute atomic E-state index is 12.3. The van der Waals surface area contributed by atoms with Crippen molar-refractivity contribution in [1.29, 1.82) is 0 Å². The van der Waals surface area contributed by atoms with Crippen molar-refractivity contribution in [3.05, 3.63) is 35.9 Å². The fourth-order valence-corrected chi connectivity index (χ4v) is 3.84. The average molecular weight is 332 g/mol. The van der Waals surface area contributed by atoms with Crippen LogP contribution in [0.1, 0.15) is 5.56 Å². The Kier molecular flexibility index (Phi) is 3.33. The van der Waals surface area contributed by atoms with E-state index in [-0.39, 0.29) is 24.6 Å². The molecular weight excluding hydrogens is 314 g/mol. The molecule has 8 nitrogen and oxygen atoms in total. The van der Waals surface area contributed by atoms with E-state index in [1.807, 2.05) is 35.1 Å². The van der Waals surface area contributed by atoms with Gasteiger partial charge in [-0.2, -0.15) is 0 Å². The van der Waals surface area contributed by atoms with Gasteiger partial charge in [0.2, 0.25) is 18.4 Å². The summed E-state index contributed by atoms with van der Waals surface area (Å²) in [4.78, 5) is 30.3. The molecule has 1 fully saturated rings. The molecule has 4 rings (SSSR count). The van der Waals surface area contributed by atoms with Crippen molar-refractivity contribution in [3.8, 4) is 0 Å². The first kappa shape index (κ1) is 14.8. The van der Waals surface area contributed by atoms with Crippen LogP contribution in [0.15, 0.2) is 30.3 Å². The third kappa shape index (κ3) is 1.95. The first-order valence-corrected chi connectivity index (χ1v) is 7.75. The Morgan fingerprint density at radius 1 is 1.17 bits per heavy atom. The van der Waals surface area contributed by atoms with Gasteiger partial charge in [-0.15, -0.1) is 0 Å². The van der Waals surface area contributed by atoms with Gasteiger partial charge in [0.15, 0.2) is 0 Å². The van der Waals surface area contributed by atoms with Crippen LogP contribution in [0.3, 0.4) is 0 Å². The Labute approximate surface area is 138 Å². The second kappa shape index (κ2) is 5.40. The van der Waals surface area contributed by atoms with Gasteiger partial charge in [-0.1, -0.05) is 18.2 Å². The van der Waals surface area contributed by atoms with Crippen molar-refractivity contribution in [1.82, 2.24) is 10.0 Å². The van der Waals surface area contributed by atoms with Crippen LogP contribution in [-0.2, 0) is 14.3 Å². The second-order valence-corrected chi connectivity index (χ2v) is 5.92. The zero-order valence-electron chi connectivity index (χ0n) is 13.4. The molecule has 3 aliphatic heterocycles. The van der Waals surface area contributed by atoms with Gasteiger partial charge in [-0.05, 0) is 16.9 Å². The summed E-state index contributed by atoms with van der Waals surface area (Å²) < 4.78 is 11.5. The molecule has 0 aromatic heterocycles. The first-order valence-electron chi connectivity index (χ1n) is 7.75. The van der Waals surface area contributed by atoms with Crippen LogP contribution in [0.5, 0.6) is 0 Å². The van der Waals surface area contributed by atoms with Gasteiger partial charge in [-0.3, -0.25) is 4.84 Å². The normalized spacial score (nSPS) is 27.2. The summed E-state index contributed by atoms with van der Waals surface area (Å²) >= 11 is 0. The van der Waals surface area contributed by atoms with E-state index in [0.29, 0.717) is 6.54 Å². The Balaban J connectivity index is 1.70. The lowest BCUT2D eigenvalue weighted by Crippen LogP contribution is -2.67. The van der Waals surface area contributed by atoms with Gasteiger partial charge in [0, 0.05) is 5.56 Å². The molecule has 3 atom stereocenters. The Morgan fingerprint density at radius 3 is 2.54 bits per heavy atom. The largest absolute Gasteiger partial charge is 0.452 e. The molecule has 1 saturated heterocycles. The van der Waals surface area contributed by atoms with Crippen molar-refractivity contribution in [2.75, 3.05) is 27.3 Å². The fraction of sp³-hybridized carbons (Fsp3) is 0.438. The average Bonchev–Trinajstić information content (AvgIpc) is 3.16. The highest BCUT2D eigenvalue weighted by Crippen LogP contribution is 2.39. The van der Waals surface area contributed by atoms with Crippen LogP contribution in [0.2, 0.25) is 0 Å². The molecule has 3 unspecified atom stereocenters. The predicted molar refractivity (Wildman–Crippen MR) is 81.2 cm³/mol. The highest BCUT2D eigenvalue weighted by Gasteiger charge is 2.65. The van der Waals surface area contributed by atoms with Crippen molar-refractivity contribution >= 4 is 17.9 Å². The van der Waals surface area contributed by atoms with Crippen LogP contribution in [-0.4, -0.2) is 72.1 Å². The standard InChI is InChI=1S/C16H18N3O5/c1-22-15(20)17-9-12-13-11(19(17)16(21)23-2)8-18(24-12)14(13)10-6-4-3-5-7-10/h3-7,11-13H,8-9H2,1-2H3/q+1. The minimum atomic E-state index is -0.603. The van der Waals surface area contributed by atoms with Crippen LogP contribution in [0.25, 0.3) is 0 Å². The van der Waals surface area contributed by atoms with Gasteiger partial charge >= 0.3 is 12.2 Å². The lowest BCUT2D eigenvalue weighted by molar-refractivity contribution is -0.795. The first-order chi connectivity index (χ1) is 11.7. The SMILES string of the molecule is COC(=O)N1CC2O[N+]3=C(c4ccccc4)C2C(C3)N1C(=O)OC. The molecule has 0 N–H and O–H groups in total. The third-order valence-corrected chi connectivity index (χ3v) is 4.76. The van der Waals surface area contributed by atoms with E-state index in [1.54, 1.807) is 0 Å². The van der Waals surface area contributed by atoms with Gasteiger partial charge in [0.1, 0.15) is 12.0 Å². The molecule has 0 saturated carbocycles. The van der Waals surface area contributed by atoms with E-state index >= 15 is 0 Å². The molecule has 24 heavy (non-hydrogen) atoms. The summed E-state index contributed by atoms with van der Waals surface area (Å²) in [7, 11) is 2.59. The maximum Gasteiger partial charge on any atom is 0.429 e. The Hall–Kier alpha value is -2.77. The summed E-state index contributed by atoms with van der Waals surface area (Å²) in [6.07, 6.45) is -1.39. The zero-order chi connectivity index (χ0) is 16.8. The summed E-state index contributed by atoms with van der Waals surface area (Å²) in [5.74, 6) is -0.00703. The lowest BCUT2D eigenvalue weighted by atomic mass is 9.86. The number of carbonyl (C=O) groups excluding carboxylic acids is 2. The maximum atomic E-state index is 12.3. The van der Waals surface area contributed by atoms with E-state index < -0.39 is 12.2 Å². The molecule has 0 radical (unpaired) electrons. The number of hydrogen-bond donors (Lipinski definition) is 0. The molecule has 0 spiro atoms. The predicted octanol–water partition coefficient (Wildman–Crippen LogP) is 0.866. The van der Waals surface area contributed by atoms with E-state index in [2.05, 4.69) is 0 Å². The van der Waals surface area contributed by atoms with Gasteiger partial charge in [-0.25, -0.2) is 19.6 Å². The van der Waals surface area contributed by atoms with E-state index in [9.17, 15) is 9.59 Å². The number of carbonyl (C=O) groups is 2. The van der Waals surface area contributed by atoms with Crippen LogP contribution < -0.4 is 0 Å². The van der Waals surface area contributed by atoms with E-state index in [4.69, 9.17) is 14.3 Å². The number of benzene rings is 1. The molecule has 0 aliphatic carbocycles. The highest BCUT2D eigenvalue weighted by atomic mass is 16.7. The molecule has 1 aromatic carbocycles. The van der Waals surface area contributed by atoms with Gasteiger partial charge in [0.25, 0.3) is 0 Å². The number of ether oxygens (including phenoxy) is 2. The topological polar surface area (TPSA) is 71.3 Å². The highest BCUT2D eigenvalue weighted by molar-refractivity contribution is 6.01. The van der Waals surface area contributed by atoms with Crippen molar-refractivity contribution < 1.29 is 28.6 Å². The molecule has 2 bridgehead atoms. The smallest absolute Gasteiger partial charge is 0.429 e. The third-order valence-electron chi connectivity index (χ3n) is 4.76. The zero-order valence-corrected chi connectivity index (χ0v) is 13.4. The minimum absolute atomic E-state index is 0.00703. The van der Waals surface area contributed by atoms with Crippen molar-refractivity contribution in [2.45, 2.75) is 12.1 Å². The number of methoxy groups -OCH3 is 2.